The average molecular weight is 403 g/mol. The van der Waals surface area contributed by atoms with Crippen molar-refractivity contribution in [3.63, 3.8) is 0 Å². The van der Waals surface area contributed by atoms with Crippen LogP contribution in [0.4, 0.5) is 0 Å². The fraction of sp³-hybridized carbons (Fsp3) is 0.684. The van der Waals surface area contributed by atoms with Crippen LogP contribution in [-0.2, 0) is 24.0 Å². The van der Waals surface area contributed by atoms with Crippen LogP contribution in [-0.4, -0.2) is 65.4 Å². The third-order valence-corrected chi connectivity index (χ3v) is 4.90. The maximum absolute atomic E-state index is 12.3. The molecule has 0 aromatic heterocycles. The summed E-state index contributed by atoms with van der Waals surface area (Å²) in [5.41, 5.74) is 0.455. The number of allylic oxidation sites excluding steroid dienone is 1. The molecule has 2 aliphatic heterocycles. The van der Waals surface area contributed by atoms with Crippen LogP contribution < -0.4 is 10.6 Å². The van der Waals surface area contributed by atoms with Gasteiger partial charge in [-0.25, -0.2) is 4.79 Å². The zero-order valence-corrected chi connectivity index (χ0v) is 16.7. The fourth-order valence-electron chi connectivity index (χ4n) is 3.39. The monoisotopic (exact) mass is 403 g/mol. The number of hydroxylamine groups is 2. The van der Waals surface area contributed by atoms with E-state index in [1.54, 1.807) is 0 Å². The van der Waals surface area contributed by atoms with Crippen molar-refractivity contribution in [3.05, 3.63) is 12.3 Å². The molecule has 2 heterocycles. The maximum atomic E-state index is 12.3. The lowest BCUT2D eigenvalue weighted by Crippen LogP contribution is -2.46. The Morgan fingerprint density at radius 2 is 1.89 bits per heavy atom. The van der Waals surface area contributed by atoms with Crippen molar-refractivity contribution in [2.45, 2.75) is 64.5 Å². The standard InChI is InChI=1S/C19H30N4O5/c1-13(2)22-12-4-5-15(22)19(27)21-10-8-16(24)20-11-9-18(26)28-23-14(3)6-7-17(23)25/h13,15H,3-12H2,1-2H3,(H,20,24)(H,21,27)/i1+1,2+1,4+1,5+1,12+1,15+1,16+1,20+1,22+1. The van der Waals surface area contributed by atoms with Crippen molar-refractivity contribution < 1.29 is 24.0 Å². The molecule has 0 aliphatic carbocycles. The Hall–Kier alpha value is -2.42. The Morgan fingerprint density at radius 3 is 2.54 bits per heavy atom. The molecule has 9 heteroatoms. The van der Waals surface area contributed by atoms with Crippen molar-refractivity contribution in [2.24, 2.45) is 0 Å². The third kappa shape index (κ3) is 6.05. The van der Waals surface area contributed by atoms with E-state index in [1.165, 1.54) is 0 Å². The molecule has 0 bridgehead atoms. The first-order valence-corrected chi connectivity index (χ1v) is 9.81. The molecule has 2 saturated heterocycles. The molecule has 0 saturated carbocycles. The molecule has 0 spiro atoms. The summed E-state index contributed by atoms with van der Waals surface area (Å²) in [6.45, 7) is 9.07. The zero-order valence-electron chi connectivity index (χ0n) is 16.7. The number of nitrogens with one attached hydrogen (secondary N) is 2. The highest BCUT2D eigenvalue weighted by Gasteiger charge is 2.32. The highest BCUT2D eigenvalue weighted by Crippen LogP contribution is 2.21. The lowest BCUT2D eigenvalue weighted by atomic mass is 10.3. The number of likely N-dealkylation sites (tertiary alicyclic amines) is 1. The van der Waals surface area contributed by atoms with Crippen LogP contribution >= 0.6 is 0 Å². The summed E-state index contributed by atoms with van der Waals surface area (Å²) < 4.78 is 0. The number of amides is 3. The van der Waals surface area contributed by atoms with E-state index in [-0.39, 0.29) is 56.1 Å². The maximum Gasteiger partial charge on any atom is 0.334 e. The van der Waals surface area contributed by atoms with Crippen LogP contribution in [0, 0.1) is 0 Å². The SMILES string of the molecule is C=C1CCC(=O)N1OC(=O)CC[15NH][13C](=O)CCNC(=O)[13CH]1[13CH2][13CH2][13CH2][15N]1C([13CH3])[13CH3]. The third-order valence-electron chi connectivity index (χ3n) is 4.90. The molecular formula is C19H30N4O5. The van der Waals surface area contributed by atoms with Crippen LogP contribution in [0.2, 0.25) is 0 Å². The first-order chi connectivity index (χ1) is 13.3. The van der Waals surface area contributed by atoms with Gasteiger partial charge in [0.2, 0.25) is 11.8 Å². The molecular weight excluding hydrogens is 373 g/mol. The fourth-order valence-corrected chi connectivity index (χ4v) is 3.39. The highest BCUT2D eigenvalue weighted by atomic mass is 16.7. The van der Waals surface area contributed by atoms with Crippen molar-refractivity contribution in [1.82, 2.24) is 20.6 Å². The van der Waals surface area contributed by atoms with Crippen LogP contribution in [0.15, 0.2) is 12.3 Å². The van der Waals surface area contributed by atoms with Gasteiger partial charge in [0.1, 0.15) is 0 Å². The largest absolute Gasteiger partial charge is 0.355 e. The van der Waals surface area contributed by atoms with E-state index in [2.05, 4.69) is 36.0 Å². The summed E-state index contributed by atoms with van der Waals surface area (Å²) in [6.07, 6.45) is 2.68. The number of hydrogen-bond donors (Lipinski definition) is 2. The first kappa shape index (κ1) is 21.9. The highest BCUT2D eigenvalue weighted by molar-refractivity contribution is 5.83. The van der Waals surface area contributed by atoms with E-state index in [1.807, 2.05) is 0 Å². The summed E-state index contributed by atoms with van der Waals surface area (Å²) in [5, 5.41) is 6.33. The Kier molecular flexibility index (Phi) is 7.98. The number of rotatable bonds is 9. The molecule has 2 aliphatic rings. The molecule has 3 amide bonds. The lowest BCUT2D eigenvalue weighted by molar-refractivity contribution is -0.186. The summed E-state index contributed by atoms with van der Waals surface area (Å²) in [6, 6.07) is 0.190. The van der Waals surface area contributed by atoms with E-state index in [0.717, 1.165) is 24.4 Å². The molecule has 0 radical (unpaired) electrons. The van der Waals surface area contributed by atoms with Crippen LogP contribution in [0.5, 0.6) is 0 Å². The minimum absolute atomic E-state index is 0.0434. The van der Waals surface area contributed by atoms with E-state index >= 15 is 0 Å². The number of carbonyl (C=O) groups is 4. The molecule has 2 rings (SSSR count). The van der Waals surface area contributed by atoms with Crippen LogP contribution in [0.25, 0.3) is 0 Å². The Labute approximate surface area is 165 Å². The molecule has 156 valence electrons. The quantitative estimate of drug-likeness (QED) is 0.428. The summed E-state index contributed by atoms with van der Waals surface area (Å²) in [7, 11) is 0. The smallest absolute Gasteiger partial charge is 0.334 e. The molecule has 2 fully saturated rings. The first-order valence-electron chi connectivity index (χ1n) is 9.81. The molecule has 2 N–H and O–H groups in total. The predicted molar refractivity (Wildman–Crippen MR) is 101 cm³/mol. The average Bonchev–Trinajstić information content (AvgIpc) is 3.24. The zero-order chi connectivity index (χ0) is 20.7. The second-order valence-electron chi connectivity index (χ2n) is 7.35. The predicted octanol–water partition coefficient (Wildman–Crippen LogP) is 0.466. The van der Waals surface area contributed by atoms with Gasteiger partial charge in [0.05, 0.1) is 18.2 Å². The van der Waals surface area contributed by atoms with Crippen molar-refractivity contribution in [2.75, 3.05) is 19.6 Å². The number of hydrogen-bond acceptors (Lipinski definition) is 6. The van der Waals surface area contributed by atoms with Crippen molar-refractivity contribution >= 4 is 23.7 Å². The van der Waals surface area contributed by atoms with Gasteiger partial charge in [-0.1, -0.05) is 6.58 Å². The van der Waals surface area contributed by atoms with Gasteiger partial charge in [-0.2, -0.15) is 0 Å². The van der Waals surface area contributed by atoms with Gasteiger partial charge in [0.15, 0.2) is 0 Å². The topological polar surface area (TPSA) is 108 Å². The Balaban J connectivity index is 1.58. The minimum atomic E-state index is -0.611. The van der Waals surface area contributed by atoms with Gasteiger partial charge < -0.3 is 15.5 Å². The van der Waals surface area contributed by atoms with Crippen molar-refractivity contribution in [3.8, 4) is 0 Å². The van der Waals surface area contributed by atoms with Gasteiger partial charge in [-0.15, -0.1) is 5.06 Å². The molecule has 28 heavy (non-hydrogen) atoms. The minimum Gasteiger partial charge on any atom is -0.355 e. The van der Waals surface area contributed by atoms with Gasteiger partial charge in [0.25, 0.3) is 5.91 Å². The number of nitrogens with zero attached hydrogens (tertiary/aromatic N) is 2. The van der Waals surface area contributed by atoms with E-state index in [0.29, 0.717) is 18.2 Å². The molecule has 1 atom stereocenters. The Bertz CT molecular complexity index is 618. The van der Waals surface area contributed by atoms with Gasteiger partial charge in [0, 0.05) is 32.0 Å². The normalized spacial score (nSPS) is 20.0. The molecule has 0 aromatic rings. The van der Waals surface area contributed by atoms with Gasteiger partial charge in [-0.3, -0.25) is 19.3 Å². The second kappa shape index (κ2) is 10.2. The summed E-state index contributed by atoms with van der Waals surface area (Å²) in [4.78, 5) is 54.5. The molecule has 0 aromatic carbocycles. The van der Waals surface area contributed by atoms with Crippen molar-refractivity contribution in [1.29, 1.82) is 0 Å². The van der Waals surface area contributed by atoms with Gasteiger partial charge in [-0.05, 0) is 39.7 Å². The second-order valence-corrected chi connectivity index (χ2v) is 7.35. The van der Waals surface area contributed by atoms with E-state index in [4.69, 9.17) is 4.84 Å². The van der Waals surface area contributed by atoms with E-state index in [9.17, 15) is 19.2 Å². The molecule has 1 unspecified atom stereocenters. The van der Waals surface area contributed by atoms with Crippen LogP contribution in [0.3, 0.4) is 0 Å². The van der Waals surface area contributed by atoms with Crippen LogP contribution in [0.1, 0.15) is 52.4 Å². The molecule has 9 nitrogen and oxygen atoms in total. The lowest BCUT2D eigenvalue weighted by Gasteiger charge is -2.27. The van der Waals surface area contributed by atoms with Gasteiger partial charge >= 0.3 is 5.97 Å². The summed E-state index contributed by atoms with van der Waals surface area (Å²) in [5.74, 6) is -1.21. The Morgan fingerprint density at radius 1 is 1.18 bits per heavy atom. The number of carbonyl (C=O) groups excluding carboxylic acids is 4. The summed E-state index contributed by atoms with van der Waals surface area (Å²) >= 11 is 0. The van der Waals surface area contributed by atoms with E-state index < -0.39 is 5.97 Å².